The Hall–Kier alpha value is -4.27. The van der Waals surface area contributed by atoms with Crippen molar-refractivity contribution in [3.63, 3.8) is 0 Å². The van der Waals surface area contributed by atoms with Crippen LogP contribution in [0.15, 0.2) is 47.0 Å². The van der Waals surface area contributed by atoms with Crippen LogP contribution in [0.1, 0.15) is 47.6 Å². The second-order valence-electron chi connectivity index (χ2n) is 8.58. The molecule has 9 heteroatoms. The van der Waals surface area contributed by atoms with Gasteiger partial charge in [0.05, 0.1) is 22.8 Å². The fraction of sp³-hybridized carbons (Fsp3) is 0.240. The number of nitrogens with one attached hydrogen (secondary N) is 2. The molecule has 0 aliphatic carbocycles. The summed E-state index contributed by atoms with van der Waals surface area (Å²) in [5.74, 6) is 2.66. The Kier molecular flexibility index (Phi) is 5.24. The fourth-order valence-electron chi connectivity index (χ4n) is 3.98. The molecular formula is C25H25N7O2. The summed E-state index contributed by atoms with van der Waals surface area (Å²) >= 11 is 0. The van der Waals surface area contributed by atoms with Gasteiger partial charge in [-0.2, -0.15) is 10.2 Å². The third-order valence-corrected chi connectivity index (χ3v) is 5.62. The van der Waals surface area contributed by atoms with Gasteiger partial charge in [-0.25, -0.2) is 14.6 Å². The number of furan rings is 1. The minimum absolute atomic E-state index is 0.0928. The molecule has 4 aromatic heterocycles. The minimum Gasteiger partial charge on any atom is -0.466 e. The van der Waals surface area contributed by atoms with Crippen LogP contribution in [0, 0.1) is 20.8 Å². The zero-order chi connectivity index (χ0) is 24.0. The van der Waals surface area contributed by atoms with Crippen LogP contribution in [-0.4, -0.2) is 35.9 Å². The SMILES string of the molecule is Cc1nc(-c2ccc(NC(=O)c3cc(-c4cc(C)oc4C)nc4c3cnn4C(C)C)cc2)n[nH]1. The van der Waals surface area contributed by atoms with Crippen molar-refractivity contribution in [3.05, 3.63) is 65.5 Å². The van der Waals surface area contributed by atoms with Crippen molar-refractivity contribution in [1.29, 1.82) is 0 Å². The predicted octanol–water partition coefficient (Wildman–Crippen LogP) is 5.23. The van der Waals surface area contributed by atoms with E-state index in [1.807, 2.05) is 69.6 Å². The molecule has 0 fully saturated rings. The summed E-state index contributed by atoms with van der Waals surface area (Å²) in [5, 5.41) is 15.2. The van der Waals surface area contributed by atoms with Gasteiger partial charge in [0, 0.05) is 22.9 Å². The first-order chi connectivity index (χ1) is 16.3. The van der Waals surface area contributed by atoms with Gasteiger partial charge in [0.1, 0.15) is 17.3 Å². The zero-order valence-electron chi connectivity index (χ0n) is 19.7. The van der Waals surface area contributed by atoms with Crippen molar-refractivity contribution in [3.8, 4) is 22.6 Å². The van der Waals surface area contributed by atoms with E-state index in [4.69, 9.17) is 9.40 Å². The number of aryl methyl sites for hydroxylation is 3. The molecule has 0 saturated heterocycles. The third-order valence-electron chi connectivity index (χ3n) is 5.62. The first-order valence-electron chi connectivity index (χ1n) is 11.1. The fourth-order valence-corrected chi connectivity index (χ4v) is 3.98. The highest BCUT2D eigenvalue weighted by Crippen LogP contribution is 2.30. The molecule has 0 aliphatic heterocycles. The highest BCUT2D eigenvalue weighted by molar-refractivity contribution is 6.12. The van der Waals surface area contributed by atoms with Crippen molar-refractivity contribution in [2.24, 2.45) is 0 Å². The molecule has 0 saturated carbocycles. The van der Waals surface area contributed by atoms with Gasteiger partial charge in [0.15, 0.2) is 11.5 Å². The highest BCUT2D eigenvalue weighted by atomic mass is 16.3. The second kappa shape index (κ2) is 8.26. The first kappa shape index (κ1) is 21.6. The molecule has 1 aromatic carbocycles. The van der Waals surface area contributed by atoms with Crippen molar-refractivity contribution in [2.45, 2.75) is 40.7 Å². The van der Waals surface area contributed by atoms with E-state index < -0.39 is 0 Å². The lowest BCUT2D eigenvalue weighted by Crippen LogP contribution is -2.13. The molecule has 0 unspecified atom stereocenters. The monoisotopic (exact) mass is 455 g/mol. The third kappa shape index (κ3) is 3.85. The number of hydrogen-bond donors (Lipinski definition) is 2. The van der Waals surface area contributed by atoms with Crippen molar-refractivity contribution in [1.82, 2.24) is 29.9 Å². The lowest BCUT2D eigenvalue weighted by atomic mass is 10.1. The van der Waals surface area contributed by atoms with E-state index in [0.29, 0.717) is 33.8 Å². The Morgan fingerprint density at radius 3 is 2.47 bits per heavy atom. The van der Waals surface area contributed by atoms with Crippen LogP contribution in [0.2, 0.25) is 0 Å². The summed E-state index contributed by atoms with van der Waals surface area (Å²) in [6, 6.07) is 11.2. The summed E-state index contributed by atoms with van der Waals surface area (Å²) in [5.41, 5.74) is 4.21. The van der Waals surface area contributed by atoms with E-state index in [1.165, 1.54) is 0 Å². The summed E-state index contributed by atoms with van der Waals surface area (Å²) in [6.07, 6.45) is 1.70. The minimum atomic E-state index is -0.240. The average molecular weight is 456 g/mol. The standard InChI is InChI=1S/C25H25N7O2/c1-13(2)32-24-21(12-26-32)20(11-22(29-24)19-10-14(3)34-15(19)4)25(33)28-18-8-6-17(7-9-18)23-27-16(5)30-31-23/h6-13H,1-5H3,(H,28,33)(H,27,30,31). The van der Waals surface area contributed by atoms with E-state index in [1.54, 1.807) is 12.3 Å². The molecule has 0 bridgehead atoms. The number of rotatable bonds is 5. The molecule has 5 aromatic rings. The molecule has 9 nitrogen and oxygen atoms in total. The summed E-state index contributed by atoms with van der Waals surface area (Å²) in [7, 11) is 0. The first-order valence-corrected chi connectivity index (χ1v) is 11.1. The van der Waals surface area contributed by atoms with Crippen molar-refractivity contribution >= 4 is 22.6 Å². The average Bonchev–Trinajstić information content (AvgIpc) is 3.51. The van der Waals surface area contributed by atoms with E-state index in [9.17, 15) is 4.79 Å². The Labute approximate surface area is 196 Å². The Bertz CT molecular complexity index is 1510. The van der Waals surface area contributed by atoms with Gasteiger partial charge in [-0.05, 0) is 71.0 Å². The van der Waals surface area contributed by atoms with Crippen LogP contribution >= 0.6 is 0 Å². The largest absolute Gasteiger partial charge is 0.466 e. The molecule has 0 aliphatic rings. The lowest BCUT2D eigenvalue weighted by molar-refractivity contribution is 0.102. The number of amides is 1. The van der Waals surface area contributed by atoms with Gasteiger partial charge >= 0.3 is 0 Å². The zero-order valence-corrected chi connectivity index (χ0v) is 19.7. The summed E-state index contributed by atoms with van der Waals surface area (Å²) in [4.78, 5) is 22.6. The second-order valence-corrected chi connectivity index (χ2v) is 8.58. The van der Waals surface area contributed by atoms with E-state index in [0.717, 1.165) is 28.5 Å². The predicted molar refractivity (Wildman–Crippen MR) is 130 cm³/mol. The van der Waals surface area contributed by atoms with Crippen molar-refractivity contribution in [2.75, 3.05) is 5.32 Å². The van der Waals surface area contributed by atoms with Gasteiger partial charge in [-0.3, -0.25) is 9.89 Å². The number of pyridine rings is 1. The number of aromatic nitrogens is 6. The number of hydrogen-bond acceptors (Lipinski definition) is 6. The smallest absolute Gasteiger partial charge is 0.256 e. The van der Waals surface area contributed by atoms with Gasteiger partial charge < -0.3 is 9.73 Å². The Balaban J connectivity index is 1.53. The normalized spacial score (nSPS) is 11.5. The van der Waals surface area contributed by atoms with Crippen LogP contribution < -0.4 is 5.32 Å². The molecule has 5 rings (SSSR count). The molecule has 0 atom stereocenters. The summed E-state index contributed by atoms with van der Waals surface area (Å²) in [6.45, 7) is 9.70. The van der Waals surface area contributed by atoms with Crippen LogP contribution in [0.4, 0.5) is 5.69 Å². The van der Waals surface area contributed by atoms with E-state index in [-0.39, 0.29) is 11.9 Å². The molecule has 2 N–H and O–H groups in total. The van der Waals surface area contributed by atoms with Crippen LogP contribution in [0.25, 0.3) is 33.7 Å². The number of anilines is 1. The topological polar surface area (TPSA) is 115 Å². The van der Waals surface area contributed by atoms with Gasteiger partial charge in [-0.15, -0.1) is 0 Å². The maximum atomic E-state index is 13.4. The van der Waals surface area contributed by atoms with Crippen LogP contribution in [-0.2, 0) is 0 Å². The number of aromatic amines is 1. The highest BCUT2D eigenvalue weighted by Gasteiger charge is 2.20. The van der Waals surface area contributed by atoms with Gasteiger partial charge in [0.25, 0.3) is 5.91 Å². The maximum absolute atomic E-state index is 13.4. The van der Waals surface area contributed by atoms with Gasteiger partial charge in [0.2, 0.25) is 0 Å². The van der Waals surface area contributed by atoms with E-state index >= 15 is 0 Å². The van der Waals surface area contributed by atoms with E-state index in [2.05, 4.69) is 25.6 Å². The Morgan fingerprint density at radius 1 is 1.09 bits per heavy atom. The molecule has 0 spiro atoms. The van der Waals surface area contributed by atoms with Crippen LogP contribution in [0.3, 0.4) is 0 Å². The summed E-state index contributed by atoms with van der Waals surface area (Å²) < 4.78 is 7.53. The van der Waals surface area contributed by atoms with Crippen molar-refractivity contribution < 1.29 is 9.21 Å². The lowest BCUT2D eigenvalue weighted by Gasteiger charge is -2.11. The Morgan fingerprint density at radius 2 is 1.85 bits per heavy atom. The number of carbonyl (C=O) groups excluding carboxylic acids is 1. The van der Waals surface area contributed by atoms with Gasteiger partial charge in [-0.1, -0.05) is 0 Å². The number of H-pyrrole nitrogens is 1. The molecular weight excluding hydrogens is 430 g/mol. The molecule has 172 valence electrons. The molecule has 1 amide bonds. The van der Waals surface area contributed by atoms with Crippen LogP contribution in [0.5, 0.6) is 0 Å². The molecule has 34 heavy (non-hydrogen) atoms. The number of carbonyl (C=O) groups is 1. The quantitative estimate of drug-likeness (QED) is 0.375. The number of nitrogens with zero attached hydrogens (tertiary/aromatic N) is 5. The number of fused-ring (bicyclic) bond motifs is 1. The number of benzene rings is 1. The molecule has 4 heterocycles. The maximum Gasteiger partial charge on any atom is 0.256 e. The molecule has 0 radical (unpaired) electrons.